The minimum Gasteiger partial charge on any atom is -0.478 e. The van der Waals surface area contributed by atoms with Gasteiger partial charge in [-0.05, 0) is 73.0 Å². The van der Waals surface area contributed by atoms with E-state index in [-0.39, 0.29) is 11.3 Å². The van der Waals surface area contributed by atoms with Gasteiger partial charge in [-0.15, -0.1) is 0 Å². The third kappa shape index (κ3) is 3.32. The Bertz CT molecular complexity index is 1480. The third-order valence-corrected chi connectivity index (χ3v) is 6.38. The summed E-state index contributed by atoms with van der Waals surface area (Å²) in [6.07, 6.45) is 1.47. The van der Waals surface area contributed by atoms with Crippen LogP contribution >= 0.6 is 11.6 Å². The van der Waals surface area contributed by atoms with Crippen LogP contribution in [0.1, 0.15) is 39.1 Å². The molecular formula is C25H19ClN2O5. The van der Waals surface area contributed by atoms with Gasteiger partial charge in [0, 0.05) is 5.02 Å². The van der Waals surface area contributed by atoms with E-state index < -0.39 is 17.5 Å². The molecular weight excluding hydrogens is 444 g/mol. The van der Waals surface area contributed by atoms with Crippen LogP contribution < -0.4 is 5.69 Å². The van der Waals surface area contributed by atoms with E-state index in [0.29, 0.717) is 27.3 Å². The average molecular weight is 463 g/mol. The summed E-state index contributed by atoms with van der Waals surface area (Å²) in [5.41, 5.74) is 2.39. The molecule has 0 spiro atoms. The molecule has 1 N–H and O–H groups in total. The zero-order chi connectivity index (χ0) is 23.3. The average Bonchev–Trinajstić information content (AvgIpc) is 3.57. The van der Waals surface area contributed by atoms with Gasteiger partial charge in [0.25, 0.3) is 0 Å². The van der Waals surface area contributed by atoms with E-state index in [2.05, 4.69) is 0 Å². The Labute approximate surface area is 193 Å². The standard InChI is InChI=1S/C25H19ClN2O5/c1-33-23(31)16-3-2-4-17(13-16)25(11-12-25)28-20-10-7-18(26)14-21(20)27(24(28)32)19-8-5-15(6-9-19)22(29)30/h2-10,13-14H,11-12H2,1H3,(H,29,30). The van der Waals surface area contributed by atoms with Gasteiger partial charge in [-0.1, -0.05) is 23.7 Å². The number of carbonyl (C=O) groups is 2. The van der Waals surface area contributed by atoms with E-state index in [1.807, 2.05) is 12.1 Å². The summed E-state index contributed by atoms with van der Waals surface area (Å²) in [6.45, 7) is 0. The molecule has 7 nitrogen and oxygen atoms in total. The number of carbonyl (C=O) groups excluding carboxylic acids is 1. The van der Waals surface area contributed by atoms with Crippen LogP contribution in [0.5, 0.6) is 0 Å². The largest absolute Gasteiger partial charge is 0.478 e. The van der Waals surface area contributed by atoms with E-state index in [1.54, 1.807) is 47.0 Å². The molecule has 33 heavy (non-hydrogen) atoms. The third-order valence-electron chi connectivity index (χ3n) is 6.15. The second kappa shape index (κ2) is 7.64. The Kier molecular flexibility index (Phi) is 4.87. The van der Waals surface area contributed by atoms with Gasteiger partial charge < -0.3 is 9.84 Å². The van der Waals surface area contributed by atoms with Crippen LogP contribution in [0.3, 0.4) is 0 Å². The van der Waals surface area contributed by atoms with Crippen LogP contribution in [-0.4, -0.2) is 33.3 Å². The summed E-state index contributed by atoms with van der Waals surface area (Å²) in [4.78, 5) is 37.2. The Morgan fingerprint density at radius 2 is 1.70 bits per heavy atom. The zero-order valence-electron chi connectivity index (χ0n) is 17.6. The molecule has 3 aromatic carbocycles. The van der Waals surface area contributed by atoms with Gasteiger partial charge >= 0.3 is 17.6 Å². The van der Waals surface area contributed by atoms with Gasteiger partial charge in [-0.25, -0.2) is 14.4 Å². The second-order valence-corrected chi connectivity index (χ2v) is 8.48. The molecule has 1 aliphatic rings. The first-order valence-electron chi connectivity index (χ1n) is 10.3. The van der Waals surface area contributed by atoms with Crippen LogP contribution in [0, 0.1) is 0 Å². The van der Waals surface area contributed by atoms with Gasteiger partial charge in [0.15, 0.2) is 0 Å². The van der Waals surface area contributed by atoms with Crippen LogP contribution in [0.4, 0.5) is 0 Å². The van der Waals surface area contributed by atoms with Crippen molar-refractivity contribution in [2.45, 2.75) is 18.4 Å². The number of imidazole rings is 1. The Hall–Kier alpha value is -3.84. The first-order chi connectivity index (χ1) is 15.9. The number of hydrogen-bond acceptors (Lipinski definition) is 4. The molecule has 1 heterocycles. The van der Waals surface area contributed by atoms with Gasteiger partial charge in [-0.3, -0.25) is 9.13 Å². The minimum absolute atomic E-state index is 0.131. The lowest BCUT2D eigenvalue weighted by atomic mass is 10.0. The fourth-order valence-corrected chi connectivity index (χ4v) is 4.57. The number of halogens is 1. The van der Waals surface area contributed by atoms with E-state index >= 15 is 0 Å². The predicted molar refractivity (Wildman–Crippen MR) is 124 cm³/mol. The molecule has 0 atom stereocenters. The summed E-state index contributed by atoms with van der Waals surface area (Å²) in [7, 11) is 1.33. The minimum atomic E-state index is -1.04. The number of rotatable bonds is 5. The molecule has 8 heteroatoms. The summed E-state index contributed by atoms with van der Waals surface area (Å²) >= 11 is 6.27. The van der Waals surface area contributed by atoms with Gasteiger partial charge in [0.1, 0.15) is 0 Å². The predicted octanol–water partition coefficient (Wildman–Crippen LogP) is 4.47. The number of aromatic nitrogens is 2. The van der Waals surface area contributed by atoms with Crippen molar-refractivity contribution in [3.05, 3.63) is 98.9 Å². The van der Waals surface area contributed by atoms with Crippen molar-refractivity contribution in [3.63, 3.8) is 0 Å². The van der Waals surface area contributed by atoms with Crippen molar-refractivity contribution in [3.8, 4) is 5.69 Å². The van der Waals surface area contributed by atoms with Crippen molar-refractivity contribution in [2.24, 2.45) is 0 Å². The maximum absolute atomic E-state index is 13.8. The summed E-state index contributed by atoms with van der Waals surface area (Å²) in [5, 5.41) is 9.69. The monoisotopic (exact) mass is 462 g/mol. The van der Waals surface area contributed by atoms with Crippen LogP contribution in [0.15, 0.2) is 71.5 Å². The maximum atomic E-state index is 13.8. The van der Waals surface area contributed by atoms with Crippen molar-refractivity contribution in [1.82, 2.24) is 9.13 Å². The Morgan fingerprint density at radius 1 is 0.970 bits per heavy atom. The number of hydrogen-bond donors (Lipinski definition) is 1. The number of carboxylic acids is 1. The quantitative estimate of drug-likeness (QED) is 0.442. The number of aromatic carboxylic acids is 1. The Morgan fingerprint density at radius 3 is 2.33 bits per heavy atom. The summed E-state index contributed by atoms with van der Waals surface area (Å²) < 4.78 is 8.15. The number of nitrogens with zero attached hydrogens (tertiary/aromatic N) is 2. The highest BCUT2D eigenvalue weighted by Crippen LogP contribution is 2.50. The van der Waals surface area contributed by atoms with Crippen LogP contribution in [0.25, 0.3) is 16.7 Å². The van der Waals surface area contributed by atoms with Gasteiger partial charge in [-0.2, -0.15) is 0 Å². The number of fused-ring (bicyclic) bond motifs is 1. The molecule has 1 aromatic heterocycles. The number of ether oxygens (including phenoxy) is 1. The normalized spacial score (nSPS) is 14.2. The van der Waals surface area contributed by atoms with E-state index in [4.69, 9.17) is 16.3 Å². The number of esters is 1. The maximum Gasteiger partial charge on any atom is 0.337 e. The molecule has 1 fully saturated rings. The molecule has 166 valence electrons. The van der Waals surface area contributed by atoms with E-state index in [0.717, 1.165) is 18.4 Å². The first-order valence-corrected chi connectivity index (χ1v) is 10.7. The molecule has 1 saturated carbocycles. The van der Waals surface area contributed by atoms with Crippen molar-refractivity contribution >= 4 is 34.6 Å². The second-order valence-electron chi connectivity index (χ2n) is 8.04. The van der Waals surface area contributed by atoms with E-state index in [1.165, 1.54) is 23.8 Å². The van der Waals surface area contributed by atoms with Crippen molar-refractivity contribution in [2.75, 3.05) is 7.11 Å². The lowest BCUT2D eigenvalue weighted by Gasteiger charge is -2.19. The zero-order valence-corrected chi connectivity index (χ0v) is 18.4. The SMILES string of the molecule is COC(=O)c1cccc(C2(n3c(=O)n(-c4ccc(C(=O)O)cc4)c4cc(Cl)ccc43)CC2)c1. The molecule has 0 aliphatic heterocycles. The lowest BCUT2D eigenvalue weighted by Crippen LogP contribution is -2.32. The lowest BCUT2D eigenvalue weighted by molar-refractivity contribution is 0.0599. The van der Waals surface area contributed by atoms with Crippen LogP contribution in [0.2, 0.25) is 5.02 Å². The highest BCUT2D eigenvalue weighted by molar-refractivity contribution is 6.31. The highest BCUT2D eigenvalue weighted by atomic mass is 35.5. The molecule has 0 radical (unpaired) electrons. The summed E-state index contributed by atoms with van der Waals surface area (Å²) in [6, 6.07) is 18.5. The fraction of sp³-hybridized carbons (Fsp3) is 0.160. The molecule has 1 aliphatic carbocycles. The number of benzene rings is 3. The molecule has 4 aromatic rings. The molecule has 0 bridgehead atoms. The number of methoxy groups -OCH3 is 1. The number of carboxylic acid groups (broad SMARTS) is 1. The van der Waals surface area contributed by atoms with Gasteiger partial charge in [0.05, 0.1) is 40.5 Å². The fourth-order valence-electron chi connectivity index (χ4n) is 4.40. The van der Waals surface area contributed by atoms with Crippen molar-refractivity contribution in [1.29, 1.82) is 0 Å². The molecule has 0 saturated heterocycles. The summed E-state index contributed by atoms with van der Waals surface area (Å²) in [5.74, 6) is -1.48. The Balaban J connectivity index is 1.74. The molecule has 5 rings (SSSR count). The topological polar surface area (TPSA) is 90.5 Å². The van der Waals surface area contributed by atoms with Gasteiger partial charge in [0.2, 0.25) is 0 Å². The first kappa shape index (κ1) is 21.0. The van der Waals surface area contributed by atoms with Crippen LogP contribution in [-0.2, 0) is 10.3 Å². The smallest absolute Gasteiger partial charge is 0.337 e. The highest BCUT2D eigenvalue weighted by Gasteiger charge is 2.49. The van der Waals surface area contributed by atoms with E-state index in [9.17, 15) is 19.5 Å². The van der Waals surface area contributed by atoms with Crippen molar-refractivity contribution < 1.29 is 19.4 Å². The molecule has 0 amide bonds. The molecule has 0 unspecified atom stereocenters.